The Morgan fingerprint density at radius 1 is 1.00 bits per heavy atom. The van der Waals surface area contributed by atoms with E-state index < -0.39 is 5.91 Å². The molecule has 3 rings (SSSR count). The normalized spacial score (nSPS) is 10.5. The molecule has 19 heavy (non-hydrogen) atoms. The van der Waals surface area contributed by atoms with Crippen LogP contribution in [0.4, 0.5) is 0 Å². The molecule has 0 aliphatic carbocycles. The number of primary amides is 1. The Balaban J connectivity index is 2.20. The summed E-state index contributed by atoms with van der Waals surface area (Å²) >= 11 is 0. The van der Waals surface area contributed by atoms with Crippen molar-refractivity contribution < 1.29 is 4.79 Å². The van der Waals surface area contributed by atoms with Crippen LogP contribution in [0, 0.1) is 0 Å². The lowest BCUT2D eigenvalue weighted by Crippen LogP contribution is -2.12. The van der Waals surface area contributed by atoms with E-state index in [9.17, 15) is 4.79 Å². The molecular formula is C14H10N4O. The van der Waals surface area contributed by atoms with Gasteiger partial charge < -0.3 is 5.73 Å². The van der Waals surface area contributed by atoms with Crippen LogP contribution >= 0.6 is 0 Å². The summed E-state index contributed by atoms with van der Waals surface area (Å²) < 4.78 is 0. The zero-order valence-electron chi connectivity index (χ0n) is 9.95. The standard InChI is InChI=1S/C14H10N4O/c15-14(19)10-5-3-4-9-8-12(17-18-13(9)10)11-6-1-2-7-16-11/h1-8H,(H2,15,19). The maximum absolute atomic E-state index is 11.3. The van der Waals surface area contributed by atoms with Gasteiger partial charge in [0.1, 0.15) is 11.2 Å². The molecule has 0 radical (unpaired) electrons. The Labute approximate surface area is 109 Å². The van der Waals surface area contributed by atoms with Gasteiger partial charge in [-0.2, -0.15) is 0 Å². The van der Waals surface area contributed by atoms with Crippen molar-refractivity contribution in [3.05, 3.63) is 54.2 Å². The van der Waals surface area contributed by atoms with Crippen molar-refractivity contribution in [2.45, 2.75) is 0 Å². The van der Waals surface area contributed by atoms with Gasteiger partial charge in [-0.25, -0.2) is 0 Å². The van der Waals surface area contributed by atoms with Gasteiger partial charge in [0.05, 0.1) is 11.3 Å². The molecule has 3 aromatic rings. The van der Waals surface area contributed by atoms with Gasteiger partial charge >= 0.3 is 0 Å². The van der Waals surface area contributed by atoms with E-state index in [2.05, 4.69) is 15.2 Å². The highest BCUT2D eigenvalue weighted by atomic mass is 16.1. The lowest BCUT2D eigenvalue weighted by molar-refractivity contribution is 0.100. The summed E-state index contributed by atoms with van der Waals surface area (Å²) in [5, 5.41) is 9.00. The van der Waals surface area contributed by atoms with Crippen molar-refractivity contribution in [1.82, 2.24) is 15.2 Å². The average molecular weight is 250 g/mol. The van der Waals surface area contributed by atoms with Crippen LogP contribution in [0.15, 0.2) is 48.7 Å². The van der Waals surface area contributed by atoms with Crippen LogP contribution in [-0.2, 0) is 0 Å². The Bertz CT molecular complexity index is 756. The Kier molecular flexibility index (Phi) is 2.64. The maximum Gasteiger partial charge on any atom is 0.250 e. The molecule has 0 atom stereocenters. The first-order valence-electron chi connectivity index (χ1n) is 5.73. The molecule has 0 unspecified atom stereocenters. The van der Waals surface area contributed by atoms with Gasteiger partial charge in [-0.05, 0) is 24.3 Å². The van der Waals surface area contributed by atoms with E-state index in [4.69, 9.17) is 5.73 Å². The SMILES string of the molecule is NC(=O)c1cccc2cc(-c3ccccn3)nnc12. The smallest absolute Gasteiger partial charge is 0.250 e. The second-order valence-corrected chi connectivity index (χ2v) is 4.05. The molecule has 0 aliphatic rings. The van der Waals surface area contributed by atoms with E-state index in [-0.39, 0.29) is 0 Å². The highest BCUT2D eigenvalue weighted by Crippen LogP contribution is 2.20. The predicted octanol–water partition coefficient (Wildman–Crippen LogP) is 1.79. The highest BCUT2D eigenvalue weighted by molar-refractivity contribution is 6.04. The number of pyridine rings is 1. The molecule has 1 amide bonds. The maximum atomic E-state index is 11.3. The first kappa shape index (κ1) is 11.3. The monoisotopic (exact) mass is 250 g/mol. The molecule has 0 bridgehead atoms. The van der Waals surface area contributed by atoms with Crippen LogP contribution in [0.3, 0.4) is 0 Å². The fourth-order valence-corrected chi connectivity index (χ4v) is 1.91. The molecule has 0 saturated carbocycles. The lowest BCUT2D eigenvalue weighted by atomic mass is 10.1. The Hall–Kier alpha value is -2.82. The van der Waals surface area contributed by atoms with Gasteiger partial charge in [-0.1, -0.05) is 18.2 Å². The molecule has 0 aliphatic heterocycles. The third-order valence-corrected chi connectivity index (χ3v) is 2.81. The Morgan fingerprint density at radius 3 is 2.63 bits per heavy atom. The number of hydrogen-bond donors (Lipinski definition) is 1. The fourth-order valence-electron chi connectivity index (χ4n) is 1.91. The number of hydrogen-bond acceptors (Lipinski definition) is 4. The van der Waals surface area contributed by atoms with E-state index in [0.717, 1.165) is 11.1 Å². The van der Waals surface area contributed by atoms with Crippen molar-refractivity contribution >= 4 is 16.8 Å². The van der Waals surface area contributed by atoms with Crippen molar-refractivity contribution in [3.63, 3.8) is 0 Å². The topological polar surface area (TPSA) is 81.8 Å². The van der Waals surface area contributed by atoms with E-state index in [1.807, 2.05) is 30.3 Å². The highest BCUT2D eigenvalue weighted by Gasteiger charge is 2.09. The molecule has 5 heteroatoms. The molecule has 0 saturated heterocycles. The van der Waals surface area contributed by atoms with Gasteiger partial charge in [0.15, 0.2) is 0 Å². The van der Waals surface area contributed by atoms with E-state index >= 15 is 0 Å². The summed E-state index contributed by atoms with van der Waals surface area (Å²) in [5.41, 5.74) is 7.59. The summed E-state index contributed by atoms with van der Waals surface area (Å²) in [5.74, 6) is -0.509. The number of rotatable bonds is 2. The van der Waals surface area contributed by atoms with Gasteiger partial charge in [0, 0.05) is 11.6 Å². The molecule has 0 spiro atoms. The summed E-state index contributed by atoms with van der Waals surface area (Å²) in [6, 6.07) is 12.7. The first-order valence-corrected chi connectivity index (χ1v) is 5.73. The molecule has 92 valence electrons. The largest absolute Gasteiger partial charge is 0.366 e. The van der Waals surface area contributed by atoms with Crippen LogP contribution in [0.1, 0.15) is 10.4 Å². The van der Waals surface area contributed by atoms with Gasteiger partial charge in [0.25, 0.3) is 5.91 Å². The molecule has 2 aromatic heterocycles. The molecular weight excluding hydrogens is 240 g/mol. The van der Waals surface area contributed by atoms with Gasteiger partial charge in [-0.15, -0.1) is 10.2 Å². The lowest BCUT2D eigenvalue weighted by Gasteiger charge is -2.03. The minimum absolute atomic E-state index is 0.373. The second kappa shape index (κ2) is 4.45. The van der Waals surface area contributed by atoms with Crippen molar-refractivity contribution in [3.8, 4) is 11.4 Å². The van der Waals surface area contributed by atoms with Crippen molar-refractivity contribution in [2.75, 3.05) is 0 Å². The molecule has 2 N–H and O–H groups in total. The summed E-state index contributed by atoms with van der Waals surface area (Å²) in [4.78, 5) is 15.5. The van der Waals surface area contributed by atoms with Crippen LogP contribution in [-0.4, -0.2) is 21.1 Å². The fraction of sp³-hybridized carbons (Fsp3) is 0. The third kappa shape index (κ3) is 2.01. The summed E-state index contributed by atoms with van der Waals surface area (Å²) in [6.07, 6.45) is 1.70. The van der Waals surface area contributed by atoms with E-state index in [0.29, 0.717) is 16.8 Å². The average Bonchev–Trinajstić information content (AvgIpc) is 2.47. The number of amides is 1. The molecule has 5 nitrogen and oxygen atoms in total. The summed E-state index contributed by atoms with van der Waals surface area (Å²) in [6.45, 7) is 0. The zero-order valence-corrected chi connectivity index (χ0v) is 9.95. The third-order valence-electron chi connectivity index (χ3n) is 2.81. The minimum Gasteiger partial charge on any atom is -0.366 e. The second-order valence-electron chi connectivity index (χ2n) is 4.05. The number of benzene rings is 1. The van der Waals surface area contributed by atoms with E-state index in [1.165, 1.54) is 0 Å². The van der Waals surface area contributed by atoms with Crippen molar-refractivity contribution in [2.24, 2.45) is 5.73 Å². The van der Waals surface area contributed by atoms with Crippen LogP contribution in [0.25, 0.3) is 22.3 Å². The quantitative estimate of drug-likeness (QED) is 0.751. The number of aromatic nitrogens is 3. The number of carbonyl (C=O) groups is 1. The predicted molar refractivity (Wildman–Crippen MR) is 71.3 cm³/mol. The number of nitrogens with zero attached hydrogens (tertiary/aromatic N) is 3. The number of nitrogens with two attached hydrogens (primary N) is 1. The molecule has 1 aromatic carbocycles. The zero-order chi connectivity index (χ0) is 13.2. The van der Waals surface area contributed by atoms with Crippen LogP contribution < -0.4 is 5.73 Å². The van der Waals surface area contributed by atoms with Crippen LogP contribution in [0.2, 0.25) is 0 Å². The van der Waals surface area contributed by atoms with E-state index in [1.54, 1.807) is 18.3 Å². The van der Waals surface area contributed by atoms with Crippen molar-refractivity contribution in [1.29, 1.82) is 0 Å². The molecule has 0 fully saturated rings. The Morgan fingerprint density at radius 2 is 1.89 bits per heavy atom. The van der Waals surface area contributed by atoms with Crippen LogP contribution in [0.5, 0.6) is 0 Å². The van der Waals surface area contributed by atoms with Gasteiger partial charge in [-0.3, -0.25) is 9.78 Å². The minimum atomic E-state index is -0.509. The van der Waals surface area contributed by atoms with Gasteiger partial charge in [0.2, 0.25) is 0 Å². The number of carbonyl (C=O) groups excluding carboxylic acids is 1. The number of fused-ring (bicyclic) bond motifs is 1. The first-order chi connectivity index (χ1) is 9.25. The molecule has 2 heterocycles. The summed E-state index contributed by atoms with van der Waals surface area (Å²) in [7, 11) is 0.